The average Bonchev–Trinajstić information content (AvgIpc) is 3.08. The molecule has 3 N–H and O–H groups in total. The van der Waals surface area contributed by atoms with Crippen LogP contribution >= 0.6 is 0 Å². The van der Waals surface area contributed by atoms with Gasteiger partial charge in [-0.25, -0.2) is 0 Å². The number of benzene rings is 3. The number of amides is 3. The maximum Gasteiger partial charge on any atom is 0.251 e. The third-order valence-corrected chi connectivity index (χ3v) is 7.74. The maximum atomic E-state index is 14.3. The molecule has 0 fully saturated rings. The van der Waals surface area contributed by atoms with Crippen LogP contribution < -0.4 is 20.9 Å². The second-order valence-corrected chi connectivity index (χ2v) is 11.3. The number of primary amides is 1. The molecule has 0 bridgehead atoms. The zero-order valence-corrected chi connectivity index (χ0v) is 24.3. The van der Waals surface area contributed by atoms with Crippen LogP contribution in [0.15, 0.2) is 84.9 Å². The van der Waals surface area contributed by atoms with Gasteiger partial charge in [0.15, 0.2) is 0 Å². The van der Waals surface area contributed by atoms with Crippen molar-refractivity contribution in [2.75, 3.05) is 16.3 Å². The number of carbonyl (C=O) groups is 3. The van der Waals surface area contributed by atoms with Gasteiger partial charge in [0.2, 0.25) is 11.8 Å². The van der Waals surface area contributed by atoms with E-state index in [4.69, 9.17) is 5.73 Å². The lowest BCUT2D eigenvalue weighted by molar-refractivity contribution is -0.136. The highest BCUT2D eigenvalue weighted by Crippen LogP contribution is 2.38. The molecule has 7 heteroatoms. The standard InChI is InChI=1S/C34H42N4O3/c1-4-5-18-27(32(35)39)28(21-24(2)3)33(40)36-29-23-37(26-16-10-7-11-17-26)30-19-12-13-20-31(30)38(34(29)41)22-25-14-8-6-9-15-25/h6-17,19-20,24,27-29H,4-5,18,21-23H2,1-3H3,(H2,35,39)(H,36,40)/t27-,28+,29?/m0/s1. The molecule has 1 unspecified atom stereocenters. The smallest absolute Gasteiger partial charge is 0.251 e. The summed E-state index contributed by atoms with van der Waals surface area (Å²) in [4.78, 5) is 44.7. The van der Waals surface area contributed by atoms with Gasteiger partial charge in [-0.15, -0.1) is 0 Å². The fourth-order valence-electron chi connectivity index (χ4n) is 5.68. The van der Waals surface area contributed by atoms with Gasteiger partial charge in [0, 0.05) is 17.5 Å². The first-order valence-corrected chi connectivity index (χ1v) is 14.7. The van der Waals surface area contributed by atoms with Gasteiger partial charge in [-0.05, 0) is 48.6 Å². The molecular formula is C34H42N4O3. The average molecular weight is 555 g/mol. The van der Waals surface area contributed by atoms with E-state index < -0.39 is 23.8 Å². The molecule has 41 heavy (non-hydrogen) atoms. The fourth-order valence-corrected chi connectivity index (χ4v) is 5.68. The lowest BCUT2D eigenvalue weighted by atomic mass is 9.81. The predicted octanol–water partition coefficient (Wildman–Crippen LogP) is 5.81. The van der Waals surface area contributed by atoms with Gasteiger partial charge >= 0.3 is 0 Å². The molecule has 4 rings (SSSR count). The molecule has 3 atom stereocenters. The minimum Gasteiger partial charge on any atom is -0.369 e. The van der Waals surface area contributed by atoms with Crippen LogP contribution in [0.3, 0.4) is 0 Å². The Hall–Kier alpha value is -4.13. The summed E-state index contributed by atoms with van der Waals surface area (Å²) in [7, 11) is 0. The minimum absolute atomic E-state index is 0.179. The summed E-state index contributed by atoms with van der Waals surface area (Å²) in [5.41, 5.74) is 9.41. The SMILES string of the molecule is CCCC[C@H](C(N)=O)[C@@H](CC(C)C)C(=O)NC1CN(c2ccccc2)c2ccccc2N(Cc2ccccc2)C1=O. The van der Waals surface area contributed by atoms with E-state index in [1.807, 2.05) is 98.8 Å². The van der Waals surface area contributed by atoms with E-state index in [1.54, 1.807) is 4.90 Å². The monoisotopic (exact) mass is 554 g/mol. The van der Waals surface area contributed by atoms with E-state index >= 15 is 0 Å². The topological polar surface area (TPSA) is 95.7 Å². The van der Waals surface area contributed by atoms with Crippen LogP contribution in [0.2, 0.25) is 0 Å². The van der Waals surface area contributed by atoms with E-state index in [-0.39, 0.29) is 24.3 Å². The summed E-state index contributed by atoms with van der Waals surface area (Å²) in [6, 6.07) is 26.7. The summed E-state index contributed by atoms with van der Waals surface area (Å²) < 4.78 is 0. The molecule has 1 aliphatic rings. The van der Waals surface area contributed by atoms with E-state index in [0.29, 0.717) is 19.4 Å². The van der Waals surface area contributed by atoms with Crippen molar-refractivity contribution in [2.24, 2.45) is 23.5 Å². The van der Waals surface area contributed by atoms with Gasteiger partial charge in [0.1, 0.15) is 6.04 Å². The van der Waals surface area contributed by atoms with Crippen molar-refractivity contribution in [1.29, 1.82) is 0 Å². The summed E-state index contributed by atoms with van der Waals surface area (Å²) in [6.45, 7) is 6.73. The Morgan fingerprint density at radius 1 is 0.902 bits per heavy atom. The van der Waals surface area contributed by atoms with Crippen LogP contribution in [-0.2, 0) is 20.9 Å². The Morgan fingerprint density at radius 2 is 1.51 bits per heavy atom. The molecule has 1 heterocycles. The molecule has 0 spiro atoms. The van der Waals surface area contributed by atoms with Crippen molar-refractivity contribution in [3.05, 3.63) is 90.5 Å². The first-order chi connectivity index (χ1) is 19.8. The van der Waals surface area contributed by atoms with Crippen molar-refractivity contribution in [2.45, 2.75) is 59.0 Å². The molecule has 0 radical (unpaired) electrons. The van der Waals surface area contributed by atoms with Crippen LogP contribution in [-0.4, -0.2) is 30.3 Å². The summed E-state index contributed by atoms with van der Waals surface area (Å²) in [5.74, 6) is -1.96. The van der Waals surface area contributed by atoms with E-state index in [1.165, 1.54) is 0 Å². The number of nitrogens with zero attached hydrogens (tertiary/aromatic N) is 2. The first-order valence-electron chi connectivity index (χ1n) is 14.7. The number of fused-ring (bicyclic) bond motifs is 1. The summed E-state index contributed by atoms with van der Waals surface area (Å²) >= 11 is 0. The number of hydrogen-bond acceptors (Lipinski definition) is 4. The summed E-state index contributed by atoms with van der Waals surface area (Å²) in [5, 5.41) is 3.10. The normalized spacial score (nSPS) is 16.6. The molecule has 216 valence electrons. The molecule has 3 aromatic rings. The van der Waals surface area contributed by atoms with Gasteiger partial charge in [0.05, 0.1) is 24.5 Å². The Bertz CT molecular complexity index is 1310. The maximum absolute atomic E-state index is 14.3. The minimum atomic E-state index is -0.840. The van der Waals surface area contributed by atoms with E-state index in [0.717, 1.165) is 35.5 Å². The summed E-state index contributed by atoms with van der Waals surface area (Å²) in [6.07, 6.45) is 2.77. The quantitative estimate of drug-likeness (QED) is 0.295. The highest BCUT2D eigenvalue weighted by atomic mass is 16.2. The number of hydrogen-bond donors (Lipinski definition) is 2. The predicted molar refractivity (Wildman–Crippen MR) is 165 cm³/mol. The fraction of sp³-hybridized carbons (Fsp3) is 0.382. The van der Waals surface area contributed by atoms with Gasteiger partial charge in [-0.1, -0.05) is 94.3 Å². The molecular weight excluding hydrogens is 512 g/mol. The molecule has 3 amide bonds. The lowest BCUT2D eigenvalue weighted by Crippen LogP contribution is -2.54. The zero-order valence-electron chi connectivity index (χ0n) is 24.3. The number of para-hydroxylation sites is 3. The third-order valence-electron chi connectivity index (χ3n) is 7.74. The number of rotatable bonds is 12. The Morgan fingerprint density at radius 3 is 2.12 bits per heavy atom. The molecule has 3 aromatic carbocycles. The molecule has 0 aromatic heterocycles. The van der Waals surface area contributed by atoms with Gasteiger partial charge in [-0.3, -0.25) is 14.4 Å². The molecule has 7 nitrogen and oxygen atoms in total. The van der Waals surface area contributed by atoms with Crippen molar-refractivity contribution in [3.8, 4) is 0 Å². The lowest BCUT2D eigenvalue weighted by Gasteiger charge is -2.30. The number of carbonyl (C=O) groups excluding carboxylic acids is 3. The number of nitrogens with one attached hydrogen (secondary N) is 1. The van der Waals surface area contributed by atoms with Gasteiger partial charge in [0.25, 0.3) is 5.91 Å². The van der Waals surface area contributed by atoms with E-state index in [9.17, 15) is 14.4 Å². The number of nitrogens with two attached hydrogens (primary N) is 1. The molecule has 1 aliphatic heterocycles. The van der Waals surface area contributed by atoms with Gasteiger partial charge < -0.3 is 20.9 Å². The third kappa shape index (κ3) is 7.34. The molecule has 0 saturated heterocycles. The molecule has 0 aliphatic carbocycles. The second kappa shape index (κ2) is 14.0. The van der Waals surface area contributed by atoms with Crippen LogP contribution in [0, 0.1) is 17.8 Å². The highest BCUT2D eigenvalue weighted by Gasteiger charge is 2.39. The Kier molecular flexibility index (Phi) is 10.2. The Balaban J connectivity index is 1.74. The second-order valence-electron chi connectivity index (χ2n) is 11.3. The largest absolute Gasteiger partial charge is 0.369 e. The van der Waals surface area contributed by atoms with E-state index in [2.05, 4.69) is 17.1 Å². The highest BCUT2D eigenvalue weighted by molar-refractivity contribution is 6.04. The number of anilines is 3. The van der Waals surface area contributed by atoms with Crippen molar-refractivity contribution >= 4 is 34.8 Å². The Labute approximate surface area is 243 Å². The van der Waals surface area contributed by atoms with Crippen molar-refractivity contribution < 1.29 is 14.4 Å². The van der Waals surface area contributed by atoms with Crippen LogP contribution in [0.25, 0.3) is 0 Å². The van der Waals surface area contributed by atoms with Crippen LogP contribution in [0.1, 0.15) is 52.0 Å². The van der Waals surface area contributed by atoms with Crippen molar-refractivity contribution in [1.82, 2.24) is 5.32 Å². The van der Waals surface area contributed by atoms with Crippen LogP contribution in [0.5, 0.6) is 0 Å². The number of unbranched alkanes of at least 4 members (excludes halogenated alkanes) is 1. The van der Waals surface area contributed by atoms with Crippen molar-refractivity contribution in [3.63, 3.8) is 0 Å². The van der Waals surface area contributed by atoms with Gasteiger partial charge in [-0.2, -0.15) is 0 Å². The zero-order chi connectivity index (χ0) is 29.4. The molecule has 0 saturated carbocycles. The van der Waals surface area contributed by atoms with Crippen LogP contribution in [0.4, 0.5) is 17.1 Å². The first kappa shape index (κ1) is 29.8.